The van der Waals surface area contributed by atoms with Gasteiger partial charge in [0, 0.05) is 30.4 Å². The SMILES string of the molecule is C=C(/C=C(\N)Nc1nc(Nc2cc(OC)cc(C(C)(F)F)c2)ncc1Br)C1CC1. The maximum Gasteiger partial charge on any atom is 0.270 e. The molecular formula is C20H22BrF2N5O. The first kappa shape index (κ1) is 21.0. The van der Waals surface area contributed by atoms with Gasteiger partial charge in [-0.25, -0.2) is 13.8 Å². The van der Waals surface area contributed by atoms with Crippen LogP contribution in [0.5, 0.6) is 5.75 Å². The first-order chi connectivity index (χ1) is 13.7. The van der Waals surface area contributed by atoms with E-state index in [1.165, 1.54) is 25.4 Å². The largest absolute Gasteiger partial charge is 0.497 e. The normalized spacial score (nSPS) is 14.4. The van der Waals surface area contributed by atoms with Crippen molar-refractivity contribution < 1.29 is 13.5 Å². The highest BCUT2D eigenvalue weighted by Crippen LogP contribution is 2.36. The Hall–Kier alpha value is -2.68. The predicted octanol–water partition coefficient (Wildman–Crippen LogP) is 5.28. The summed E-state index contributed by atoms with van der Waals surface area (Å²) in [6, 6.07) is 4.20. The Labute approximate surface area is 176 Å². The van der Waals surface area contributed by atoms with Crippen LogP contribution in [0.15, 0.2) is 52.9 Å². The van der Waals surface area contributed by atoms with Crippen molar-refractivity contribution in [2.75, 3.05) is 17.7 Å². The van der Waals surface area contributed by atoms with Crippen molar-refractivity contribution in [3.8, 4) is 5.75 Å². The Balaban J connectivity index is 1.82. The molecule has 0 aliphatic heterocycles. The molecule has 1 saturated carbocycles. The highest BCUT2D eigenvalue weighted by molar-refractivity contribution is 9.10. The molecule has 0 bridgehead atoms. The van der Waals surface area contributed by atoms with Crippen LogP contribution in [0, 0.1) is 5.92 Å². The lowest BCUT2D eigenvalue weighted by Crippen LogP contribution is -2.12. The molecule has 29 heavy (non-hydrogen) atoms. The van der Waals surface area contributed by atoms with Crippen LogP contribution in [0.25, 0.3) is 0 Å². The Morgan fingerprint density at radius 3 is 2.72 bits per heavy atom. The van der Waals surface area contributed by atoms with Gasteiger partial charge in [-0.2, -0.15) is 4.98 Å². The smallest absolute Gasteiger partial charge is 0.270 e. The topological polar surface area (TPSA) is 85.1 Å². The number of anilines is 3. The summed E-state index contributed by atoms with van der Waals surface area (Å²) in [5, 5.41) is 5.93. The monoisotopic (exact) mass is 465 g/mol. The zero-order chi connectivity index (χ0) is 21.2. The third-order valence-electron chi connectivity index (χ3n) is 4.35. The van der Waals surface area contributed by atoms with Crippen LogP contribution in [0.1, 0.15) is 25.3 Å². The second kappa shape index (κ2) is 8.36. The number of allylic oxidation sites excluding steroid dienone is 2. The molecule has 1 aromatic heterocycles. The zero-order valence-electron chi connectivity index (χ0n) is 16.1. The molecule has 1 aromatic carbocycles. The molecule has 154 valence electrons. The van der Waals surface area contributed by atoms with Crippen LogP contribution in [-0.2, 0) is 5.92 Å². The number of benzene rings is 1. The standard InChI is InChI=1S/C20H22BrF2N5O/c1-11(12-4-5-12)6-17(24)27-18-16(21)10-25-19(28-18)26-14-7-13(20(2,22)23)8-15(9-14)29-3/h6-10,12H,1,4-5,24H2,2-3H3,(H2,25,26,27,28)/b17-6+. The van der Waals surface area contributed by atoms with Gasteiger partial charge in [-0.15, -0.1) is 0 Å². The van der Waals surface area contributed by atoms with Crippen molar-refractivity contribution in [3.63, 3.8) is 0 Å². The molecule has 1 aliphatic rings. The molecule has 2 aromatic rings. The number of nitrogens with two attached hydrogens (primary N) is 1. The van der Waals surface area contributed by atoms with Gasteiger partial charge in [0.25, 0.3) is 5.92 Å². The van der Waals surface area contributed by atoms with E-state index in [0.29, 0.717) is 33.5 Å². The maximum atomic E-state index is 13.8. The summed E-state index contributed by atoms with van der Waals surface area (Å²) in [6.07, 6.45) is 5.59. The van der Waals surface area contributed by atoms with Crippen molar-refractivity contribution >= 4 is 33.4 Å². The lowest BCUT2D eigenvalue weighted by Gasteiger charge is -2.15. The van der Waals surface area contributed by atoms with E-state index in [1.54, 1.807) is 12.1 Å². The zero-order valence-corrected chi connectivity index (χ0v) is 17.7. The summed E-state index contributed by atoms with van der Waals surface area (Å²) in [7, 11) is 1.42. The minimum atomic E-state index is -3.01. The van der Waals surface area contributed by atoms with Crippen molar-refractivity contribution in [1.29, 1.82) is 0 Å². The lowest BCUT2D eigenvalue weighted by atomic mass is 10.1. The molecule has 9 heteroatoms. The van der Waals surface area contributed by atoms with Gasteiger partial charge in [-0.1, -0.05) is 6.58 Å². The van der Waals surface area contributed by atoms with Crippen LogP contribution >= 0.6 is 15.9 Å². The number of hydrogen-bond acceptors (Lipinski definition) is 6. The molecule has 0 saturated heterocycles. The second-order valence-electron chi connectivity index (χ2n) is 6.93. The Kier molecular flexibility index (Phi) is 6.07. The number of rotatable bonds is 8. The van der Waals surface area contributed by atoms with E-state index in [9.17, 15) is 8.78 Å². The lowest BCUT2D eigenvalue weighted by molar-refractivity contribution is 0.0173. The molecule has 6 nitrogen and oxygen atoms in total. The second-order valence-corrected chi connectivity index (χ2v) is 7.78. The maximum absolute atomic E-state index is 13.8. The minimum absolute atomic E-state index is 0.180. The van der Waals surface area contributed by atoms with Gasteiger partial charge in [0.1, 0.15) is 11.6 Å². The Morgan fingerprint density at radius 1 is 1.38 bits per heavy atom. The number of nitrogens with zero attached hydrogens (tertiary/aromatic N) is 2. The number of ether oxygens (including phenoxy) is 1. The molecule has 3 rings (SSSR count). The summed E-state index contributed by atoms with van der Waals surface area (Å²) in [4.78, 5) is 8.54. The van der Waals surface area contributed by atoms with Gasteiger partial charge < -0.3 is 21.1 Å². The van der Waals surface area contributed by atoms with Gasteiger partial charge in [0.2, 0.25) is 5.95 Å². The van der Waals surface area contributed by atoms with E-state index in [4.69, 9.17) is 10.5 Å². The summed E-state index contributed by atoms with van der Waals surface area (Å²) >= 11 is 3.37. The molecule has 1 heterocycles. The van der Waals surface area contributed by atoms with Gasteiger partial charge in [0.15, 0.2) is 5.82 Å². The molecule has 0 spiro atoms. The Morgan fingerprint density at radius 2 is 2.10 bits per heavy atom. The van der Waals surface area contributed by atoms with Crippen molar-refractivity contribution in [2.24, 2.45) is 11.7 Å². The van der Waals surface area contributed by atoms with Gasteiger partial charge in [0.05, 0.1) is 11.6 Å². The highest BCUT2D eigenvalue weighted by Gasteiger charge is 2.26. The average Bonchev–Trinajstić information content (AvgIpc) is 3.48. The fourth-order valence-electron chi connectivity index (χ4n) is 2.63. The van der Waals surface area contributed by atoms with E-state index in [1.807, 2.05) is 0 Å². The summed E-state index contributed by atoms with van der Waals surface area (Å²) in [5.74, 6) is -1.16. The van der Waals surface area contributed by atoms with E-state index in [-0.39, 0.29) is 11.5 Å². The van der Waals surface area contributed by atoms with Crippen molar-refractivity contribution in [2.45, 2.75) is 25.7 Å². The fourth-order valence-corrected chi connectivity index (χ4v) is 2.92. The van der Waals surface area contributed by atoms with Crippen LogP contribution in [0.4, 0.5) is 26.2 Å². The number of halogens is 3. The van der Waals surface area contributed by atoms with E-state index in [2.05, 4.69) is 43.1 Å². The van der Waals surface area contributed by atoms with Crippen molar-refractivity contribution in [3.05, 3.63) is 58.5 Å². The quantitative estimate of drug-likeness (QED) is 0.459. The molecule has 1 fully saturated rings. The highest BCUT2D eigenvalue weighted by atomic mass is 79.9. The fraction of sp³-hybridized carbons (Fsp3) is 0.300. The van der Waals surface area contributed by atoms with Gasteiger partial charge in [-0.3, -0.25) is 0 Å². The van der Waals surface area contributed by atoms with Crippen LogP contribution in [-0.4, -0.2) is 17.1 Å². The first-order valence-corrected chi connectivity index (χ1v) is 9.75. The third kappa shape index (κ3) is 5.66. The van der Waals surface area contributed by atoms with E-state index in [0.717, 1.165) is 25.3 Å². The molecule has 4 N–H and O–H groups in total. The molecule has 0 unspecified atom stereocenters. The number of methoxy groups -OCH3 is 1. The average molecular weight is 466 g/mol. The molecular weight excluding hydrogens is 444 g/mol. The number of alkyl halides is 2. The summed E-state index contributed by atoms with van der Waals surface area (Å²) in [6.45, 7) is 4.84. The minimum Gasteiger partial charge on any atom is -0.497 e. The molecule has 0 radical (unpaired) electrons. The summed E-state index contributed by atoms with van der Waals surface area (Å²) < 4.78 is 33.2. The van der Waals surface area contributed by atoms with Gasteiger partial charge >= 0.3 is 0 Å². The summed E-state index contributed by atoms with van der Waals surface area (Å²) in [5.41, 5.74) is 7.21. The molecule has 0 amide bonds. The number of hydrogen-bond donors (Lipinski definition) is 3. The van der Waals surface area contributed by atoms with Crippen LogP contribution in [0.2, 0.25) is 0 Å². The van der Waals surface area contributed by atoms with Crippen LogP contribution < -0.4 is 21.1 Å². The number of aromatic nitrogens is 2. The van der Waals surface area contributed by atoms with E-state index < -0.39 is 5.92 Å². The third-order valence-corrected chi connectivity index (χ3v) is 4.94. The molecule has 1 aliphatic carbocycles. The van der Waals surface area contributed by atoms with Gasteiger partial charge in [-0.05, 0) is 58.5 Å². The van der Waals surface area contributed by atoms with Crippen LogP contribution in [0.3, 0.4) is 0 Å². The van der Waals surface area contributed by atoms with Crippen molar-refractivity contribution in [1.82, 2.24) is 9.97 Å². The molecule has 0 atom stereocenters. The predicted molar refractivity (Wildman–Crippen MR) is 113 cm³/mol. The van der Waals surface area contributed by atoms with E-state index >= 15 is 0 Å². The number of nitrogens with one attached hydrogen (secondary N) is 2. The first-order valence-electron chi connectivity index (χ1n) is 8.95. The Bertz CT molecular complexity index is 954.